The molecule has 0 saturated heterocycles. The first kappa shape index (κ1) is 29.4. The third-order valence-electron chi connectivity index (χ3n) is 8.70. The number of aliphatic hydroxyl groups excluding tert-OH is 1. The maximum Gasteiger partial charge on any atom is 0.373 e. The van der Waals surface area contributed by atoms with Crippen molar-refractivity contribution in [2.45, 2.75) is 84.7 Å². The van der Waals surface area contributed by atoms with Crippen LogP contribution in [0.15, 0.2) is 34.9 Å². The average molecular weight is 557 g/mol. The summed E-state index contributed by atoms with van der Waals surface area (Å²) in [6.45, 7) is 7.62. The number of aryl methyl sites for hydroxylation is 1. The summed E-state index contributed by atoms with van der Waals surface area (Å²) in [7, 11) is 0. The van der Waals surface area contributed by atoms with Crippen LogP contribution in [0.4, 0.5) is 4.79 Å². The first-order valence-corrected chi connectivity index (χ1v) is 15.1. The summed E-state index contributed by atoms with van der Waals surface area (Å²) in [6, 6.07) is 3.63. The van der Waals surface area contributed by atoms with Gasteiger partial charge in [-0.3, -0.25) is 4.79 Å². The topological polar surface area (TPSA) is 121 Å². The van der Waals surface area contributed by atoms with Crippen molar-refractivity contribution in [3.05, 3.63) is 46.1 Å². The van der Waals surface area contributed by atoms with Crippen molar-refractivity contribution in [2.24, 2.45) is 23.7 Å². The summed E-state index contributed by atoms with van der Waals surface area (Å²) in [5.74, 6) is -2.68. The molecule has 1 fully saturated rings. The Morgan fingerprint density at radius 3 is 2.62 bits per heavy atom. The van der Waals surface area contributed by atoms with Crippen LogP contribution >= 0.6 is 11.8 Å². The van der Waals surface area contributed by atoms with Gasteiger partial charge in [-0.05, 0) is 92.8 Å². The Bertz CT molecular complexity index is 1200. The highest BCUT2D eigenvalue weighted by Crippen LogP contribution is 2.56. The molecule has 1 saturated carbocycles. The smallest absolute Gasteiger partial charge is 0.373 e. The average Bonchev–Trinajstić information content (AvgIpc) is 3.10. The molecule has 39 heavy (non-hydrogen) atoms. The van der Waals surface area contributed by atoms with E-state index in [1.807, 2.05) is 13.0 Å². The molecule has 0 spiro atoms. The van der Waals surface area contributed by atoms with Crippen molar-refractivity contribution in [3.8, 4) is 11.5 Å². The monoisotopic (exact) mass is 556 g/mol. The number of ether oxygens (including phenoxy) is 1. The lowest BCUT2D eigenvalue weighted by atomic mass is 9.59. The minimum absolute atomic E-state index is 0.0496. The van der Waals surface area contributed by atoms with Crippen LogP contribution < -0.4 is 4.74 Å². The molecule has 3 N–H and O–H groups in total. The number of allylic oxidation sites excluding steroid dienone is 2. The molecule has 0 bridgehead atoms. The molecule has 1 aromatic carbocycles. The maximum absolute atomic E-state index is 13.1. The number of carboxylic acids is 1. The zero-order valence-electron chi connectivity index (χ0n) is 23.2. The summed E-state index contributed by atoms with van der Waals surface area (Å²) in [5, 5.41) is 30.4. The van der Waals surface area contributed by atoms with Crippen molar-refractivity contribution < 1.29 is 34.4 Å². The van der Waals surface area contributed by atoms with Crippen LogP contribution in [-0.2, 0) is 16.0 Å². The molecule has 0 aliphatic heterocycles. The van der Waals surface area contributed by atoms with Crippen molar-refractivity contribution in [1.82, 2.24) is 0 Å². The van der Waals surface area contributed by atoms with Crippen LogP contribution in [0.1, 0.15) is 83.3 Å². The number of thioether (sulfide) groups is 1. The van der Waals surface area contributed by atoms with E-state index in [0.717, 1.165) is 62.3 Å². The normalized spacial score (nSPS) is 27.1. The number of phenols is 1. The van der Waals surface area contributed by atoms with E-state index >= 15 is 0 Å². The van der Waals surface area contributed by atoms with Crippen molar-refractivity contribution >= 4 is 28.8 Å². The van der Waals surface area contributed by atoms with Gasteiger partial charge in [-0.25, -0.2) is 9.59 Å². The number of carbonyl (C=O) groups excluding carboxylic acids is 2. The molecule has 4 rings (SSSR count). The Balaban J connectivity index is 1.55. The van der Waals surface area contributed by atoms with E-state index < -0.39 is 29.2 Å². The Morgan fingerprint density at radius 2 is 1.97 bits per heavy atom. The minimum Gasteiger partial charge on any atom is -0.507 e. The van der Waals surface area contributed by atoms with E-state index in [1.165, 1.54) is 5.57 Å². The molecule has 0 amide bonds. The number of rotatable bonds is 10. The third-order valence-corrected chi connectivity index (χ3v) is 9.47. The number of Topliss-reactive ketones (excluding diaryl/α,β-unsaturated/α-hetero) is 1. The highest BCUT2D eigenvalue weighted by Gasteiger charge is 2.61. The van der Waals surface area contributed by atoms with Gasteiger partial charge in [0.25, 0.3) is 0 Å². The quantitative estimate of drug-likeness (QED) is 0.172. The molecule has 8 heteroatoms. The van der Waals surface area contributed by atoms with Gasteiger partial charge in [0.15, 0.2) is 0 Å². The molecule has 3 aliphatic rings. The van der Waals surface area contributed by atoms with E-state index in [-0.39, 0.29) is 40.6 Å². The number of unbranched alkanes of at least 4 members (excludes halogenated alkanes) is 2. The van der Waals surface area contributed by atoms with E-state index in [1.54, 1.807) is 13.0 Å². The number of aliphatic carboxylic acids is 1. The number of phenolic OH excluding ortho intramolecular Hbond substituents is 1. The van der Waals surface area contributed by atoms with Gasteiger partial charge >= 0.3 is 11.3 Å². The zero-order valence-corrected chi connectivity index (χ0v) is 24.1. The number of carboxylic acid groups (broad SMARTS) is 1. The number of aliphatic hydroxyl groups is 1. The van der Waals surface area contributed by atoms with Gasteiger partial charge < -0.3 is 20.1 Å². The fourth-order valence-electron chi connectivity index (χ4n) is 6.77. The van der Waals surface area contributed by atoms with Gasteiger partial charge in [0.1, 0.15) is 17.3 Å². The molecule has 1 aromatic rings. The predicted molar refractivity (Wildman–Crippen MR) is 151 cm³/mol. The summed E-state index contributed by atoms with van der Waals surface area (Å²) >= 11 is 0.872. The van der Waals surface area contributed by atoms with E-state index in [9.17, 15) is 29.7 Å². The predicted octanol–water partition coefficient (Wildman–Crippen LogP) is 6.41. The number of aromatic hydroxyl groups is 1. The highest BCUT2D eigenvalue weighted by molar-refractivity contribution is 8.13. The first-order valence-electron chi connectivity index (χ1n) is 14.1. The van der Waals surface area contributed by atoms with E-state index in [4.69, 9.17) is 4.74 Å². The van der Waals surface area contributed by atoms with E-state index in [0.29, 0.717) is 16.9 Å². The number of hydrogen-bond donors (Lipinski definition) is 3. The van der Waals surface area contributed by atoms with Crippen molar-refractivity contribution in [1.29, 1.82) is 0 Å². The van der Waals surface area contributed by atoms with Crippen LogP contribution in [-0.4, -0.2) is 44.2 Å². The van der Waals surface area contributed by atoms with Crippen LogP contribution in [0, 0.1) is 23.7 Å². The van der Waals surface area contributed by atoms with Gasteiger partial charge in [-0.15, -0.1) is 0 Å². The lowest BCUT2D eigenvalue weighted by Crippen LogP contribution is -2.53. The molecule has 0 aromatic heterocycles. The highest BCUT2D eigenvalue weighted by atomic mass is 32.2. The fourth-order valence-corrected chi connectivity index (χ4v) is 7.61. The van der Waals surface area contributed by atoms with Crippen molar-refractivity contribution in [2.75, 3.05) is 5.75 Å². The molecule has 6 atom stereocenters. The van der Waals surface area contributed by atoms with Crippen LogP contribution in [0.3, 0.4) is 0 Å². The molecule has 7 nitrogen and oxygen atoms in total. The fraction of sp³-hybridized carbons (Fsp3) is 0.581. The Kier molecular flexibility index (Phi) is 9.27. The van der Waals surface area contributed by atoms with E-state index in [2.05, 4.69) is 19.9 Å². The van der Waals surface area contributed by atoms with Crippen LogP contribution in [0.2, 0.25) is 0 Å². The summed E-state index contributed by atoms with van der Waals surface area (Å²) < 4.78 is 5.86. The summed E-state index contributed by atoms with van der Waals surface area (Å²) in [6.07, 6.45) is 8.03. The second-order valence-corrected chi connectivity index (χ2v) is 12.3. The van der Waals surface area contributed by atoms with Gasteiger partial charge in [0.2, 0.25) is 0 Å². The van der Waals surface area contributed by atoms with Crippen LogP contribution in [0.5, 0.6) is 11.5 Å². The maximum atomic E-state index is 13.1. The molecule has 2 unspecified atom stereocenters. The molecule has 0 radical (unpaired) electrons. The Hall–Kier alpha value is -2.58. The van der Waals surface area contributed by atoms with Gasteiger partial charge in [0, 0.05) is 28.7 Å². The number of ketones is 1. The molecule has 3 aliphatic carbocycles. The second kappa shape index (κ2) is 12.3. The van der Waals surface area contributed by atoms with Gasteiger partial charge in [-0.1, -0.05) is 38.3 Å². The molecular weight excluding hydrogens is 516 g/mol. The summed E-state index contributed by atoms with van der Waals surface area (Å²) in [4.78, 5) is 37.9. The molecule has 212 valence electrons. The number of hydrogen-bond acceptors (Lipinski definition) is 7. The zero-order chi connectivity index (χ0) is 28.4. The number of carbonyl (C=O) groups is 3. The summed E-state index contributed by atoms with van der Waals surface area (Å²) in [5.41, 5.74) is 3.39. The Labute approximate surface area is 234 Å². The van der Waals surface area contributed by atoms with Gasteiger partial charge in [0.05, 0.1) is 12.0 Å². The number of fused-ring (bicyclic) bond motifs is 1. The van der Waals surface area contributed by atoms with Crippen LogP contribution in [0.25, 0.3) is 0 Å². The lowest BCUT2D eigenvalue weighted by molar-refractivity contribution is -0.151. The molecule has 0 heterocycles. The standard InChI is InChI=1S/C31H40O7S/c1-5-6-7-10-19-13-22(33)26(20-11-8-9-16(2)12-20)23(14-19)38-31(37)39-15-21-17(3)24-25(18(4)32)29(34)28(24)27(21)30(35)36/h12-14,17-18,20,24-25,28,32-33H,5-11,15H2,1-4H3,(H,35,36)/t17-,18+,20-,24?,25+,28?/m0/s1. The minimum atomic E-state index is -1.15. The first-order chi connectivity index (χ1) is 18.5. The third kappa shape index (κ3) is 5.97. The second-order valence-electron chi connectivity index (χ2n) is 11.4. The lowest BCUT2D eigenvalue weighted by Gasteiger charge is -2.43. The molecular formula is C31H40O7S. The van der Waals surface area contributed by atoms with Crippen molar-refractivity contribution in [3.63, 3.8) is 0 Å². The van der Waals surface area contributed by atoms with Gasteiger partial charge in [-0.2, -0.15) is 0 Å². The SMILES string of the molecule is CCCCCc1cc(O)c([C@@H]2C=C(C)CCC2)c(OC(=O)SCC2=C(C(=O)O)C3C(=O)[C@H]([C@@H](C)O)C3[C@H]2C)c1. The largest absolute Gasteiger partial charge is 0.507 e. The number of benzene rings is 1. The Morgan fingerprint density at radius 1 is 1.23 bits per heavy atom.